The minimum atomic E-state index is -0.211. The van der Waals surface area contributed by atoms with E-state index in [2.05, 4.69) is 33.1 Å². The number of morpholine rings is 1. The third-order valence-electron chi connectivity index (χ3n) is 8.45. The minimum absolute atomic E-state index is 0.128. The number of aryl methyl sites for hydroxylation is 2. The van der Waals surface area contributed by atoms with Crippen LogP contribution < -0.4 is 20.5 Å². The van der Waals surface area contributed by atoms with E-state index in [1.54, 1.807) is 0 Å². The largest absolute Gasteiger partial charge is 0.490 e. The molecule has 5 rings (SSSR count). The van der Waals surface area contributed by atoms with E-state index in [9.17, 15) is 9.59 Å². The molecule has 2 aromatic rings. The zero-order chi connectivity index (χ0) is 27.5. The van der Waals surface area contributed by atoms with Crippen LogP contribution in [-0.4, -0.2) is 80.0 Å². The highest BCUT2D eigenvalue weighted by atomic mass is 16.5. The minimum Gasteiger partial charge on any atom is -0.490 e. The van der Waals surface area contributed by atoms with E-state index in [-0.39, 0.29) is 30.2 Å². The summed E-state index contributed by atoms with van der Waals surface area (Å²) in [5.74, 6) is 0.505. The van der Waals surface area contributed by atoms with E-state index < -0.39 is 0 Å². The van der Waals surface area contributed by atoms with Crippen molar-refractivity contribution in [2.75, 3.05) is 51.0 Å². The fourth-order valence-electron chi connectivity index (χ4n) is 6.10. The van der Waals surface area contributed by atoms with Crippen LogP contribution in [0.4, 0.5) is 5.69 Å². The summed E-state index contributed by atoms with van der Waals surface area (Å²) in [6.07, 6.45) is 3.05. The molecule has 0 bridgehead atoms. The molecule has 1 aromatic heterocycles. The first kappa shape index (κ1) is 27.7. The number of rotatable bonds is 9. The van der Waals surface area contributed by atoms with Crippen molar-refractivity contribution in [1.29, 1.82) is 0 Å². The van der Waals surface area contributed by atoms with Gasteiger partial charge in [0.2, 0.25) is 0 Å². The van der Waals surface area contributed by atoms with Gasteiger partial charge >= 0.3 is 0 Å². The number of aromatic amines is 1. The molecule has 9 heteroatoms. The standard InChI is InChI=1S/C30H42N4O5/c1-5-34(22-6-9-38-18-22)28-16-25(39-24-13-23(14-24)33-7-10-37-11-8-33)15-26(21(28)4)29(35)31-17-27-19(2)12-20(3)32-30(27)36/h12,15-16,22-24H,5-11,13-14,17-18H2,1-4H3,(H,31,35)(H,32,36). The van der Waals surface area contributed by atoms with Gasteiger partial charge in [0.25, 0.3) is 11.5 Å². The van der Waals surface area contributed by atoms with Gasteiger partial charge in [-0.1, -0.05) is 0 Å². The van der Waals surface area contributed by atoms with E-state index in [1.807, 2.05) is 32.9 Å². The van der Waals surface area contributed by atoms with Gasteiger partial charge < -0.3 is 29.4 Å². The number of likely N-dealkylation sites (N-methyl/N-ethyl adjacent to an activating group) is 1. The van der Waals surface area contributed by atoms with Gasteiger partial charge in [0.05, 0.1) is 25.9 Å². The molecule has 212 valence electrons. The number of aromatic nitrogens is 1. The van der Waals surface area contributed by atoms with Crippen molar-refractivity contribution < 1.29 is 19.0 Å². The van der Waals surface area contributed by atoms with Crippen molar-refractivity contribution in [2.24, 2.45) is 0 Å². The Morgan fingerprint density at radius 3 is 2.56 bits per heavy atom. The number of nitrogens with zero attached hydrogens (tertiary/aromatic N) is 2. The Hall–Kier alpha value is -2.88. The normalized spacial score (nSPS) is 23.3. The first-order chi connectivity index (χ1) is 18.8. The molecule has 9 nitrogen and oxygen atoms in total. The smallest absolute Gasteiger partial charge is 0.253 e. The molecule has 1 saturated carbocycles. The number of hydrogen-bond donors (Lipinski definition) is 2. The van der Waals surface area contributed by atoms with Crippen LogP contribution in [0.15, 0.2) is 23.0 Å². The summed E-state index contributed by atoms with van der Waals surface area (Å²) in [6.45, 7) is 13.8. The zero-order valence-electron chi connectivity index (χ0n) is 23.7. The second-order valence-corrected chi connectivity index (χ2v) is 11.1. The van der Waals surface area contributed by atoms with Gasteiger partial charge in [-0.05, 0) is 57.4 Å². The fraction of sp³-hybridized carbons (Fsp3) is 0.600. The van der Waals surface area contributed by atoms with Gasteiger partial charge in [-0.2, -0.15) is 0 Å². The summed E-state index contributed by atoms with van der Waals surface area (Å²) in [5.41, 5.74) is 4.56. The first-order valence-corrected chi connectivity index (χ1v) is 14.3. The maximum atomic E-state index is 13.6. The number of amides is 1. The van der Waals surface area contributed by atoms with Crippen molar-refractivity contribution in [3.8, 4) is 5.75 Å². The van der Waals surface area contributed by atoms with Crippen LogP contribution in [0.3, 0.4) is 0 Å². The van der Waals surface area contributed by atoms with Crippen LogP contribution in [0.25, 0.3) is 0 Å². The molecular formula is C30H42N4O5. The predicted molar refractivity (Wildman–Crippen MR) is 151 cm³/mol. The number of carbonyl (C=O) groups excluding carboxylic acids is 1. The van der Waals surface area contributed by atoms with Gasteiger partial charge in [0.1, 0.15) is 11.9 Å². The average Bonchev–Trinajstić information content (AvgIpc) is 3.42. The van der Waals surface area contributed by atoms with Gasteiger partial charge in [-0.15, -0.1) is 0 Å². The second-order valence-electron chi connectivity index (χ2n) is 11.1. The Morgan fingerprint density at radius 1 is 1.13 bits per heavy atom. The molecule has 1 atom stereocenters. The molecule has 3 fully saturated rings. The van der Waals surface area contributed by atoms with Gasteiger partial charge in [0, 0.05) is 80.2 Å². The van der Waals surface area contributed by atoms with Crippen LogP contribution in [-0.2, 0) is 16.0 Å². The molecule has 1 aliphatic carbocycles. The maximum Gasteiger partial charge on any atom is 0.253 e. The Kier molecular flexibility index (Phi) is 8.59. The lowest BCUT2D eigenvalue weighted by Gasteiger charge is -2.44. The Bertz CT molecular complexity index is 1230. The van der Waals surface area contributed by atoms with E-state index in [0.717, 1.165) is 81.2 Å². The van der Waals surface area contributed by atoms with E-state index in [4.69, 9.17) is 14.2 Å². The molecule has 39 heavy (non-hydrogen) atoms. The quantitative estimate of drug-likeness (QED) is 0.507. The molecule has 0 spiro atoms. The first-order valence-electron chi connectivity index (χ1n) is 14.3. The number of pyridine rings is 1. The highest BCUT2D eigenvalue weighted by Gasteiger charge is 2.36. The van der Waals surface area contributed by atoms with Gasteiger partial charge in [0.15, 0.2) is 0 Å². The zero-order valence-corrected chi connectivity index (χ0v) is 23.7. The van der Waals surface area contributed by atoms with E-state index in [0.29, 0.717) is 29.5 Å². The van der Waals surface area contributed by atoms with Crippen LogP contribution in [0, 0.1) is 20.8 Å². The molecule has 1 unspecified atom stereocenters. The number of anilines is 1. The number of H-pyrrole nitrogens is 1. The lowest BCUT2D eigenvalue weighted by Crippen LogP contribution is -2.52. The molecule has 3 aliphatic rings. The average molecular weight is 539 g/mol. The summed E-state index contributed by atoms with van der Waals surface area (Å²) in [6, 6.07) is 6.67. The van der Waals surface area contributed by atoms with Crippen molar-refractivity contribution in [3.63, 3.8) is 0 Å². The third kappa shape index (κ3) is 6.15. The molecule has 2 N–H and O–H groups in total. The van der Waals surface area contributed by atoms with E-state index in [1.165, 1.54) is 0 Å². The highest BCUT2D eigenvalue weighted by Crippen LogP contribution is 2.36. The summed E-state index contributed by atoms with van der Waals surface area (Å²) in [4.78, 5) is 33.7. The molecule has 2 aliphatic heterocycles. The van der Waals surface area contributed by atoms with Crippen LogP contribution in [0.2, 0.25) is 0 Å². The molecule has 1 aromatic carbocycles. The Balaban J connectivity index is 1.37. The maximum absolute atomic E-state index is 13.6. The summed E-state index contributed by atoms with van der Waals surface area (Å²) >= 11 is 0. The molecule has 0 radical (unpaired) electrons. The predicted octanol–water partition coefficient (Wildman–Crippen LogP) is 3.09. The number of hydrogen-bond acceptors (Lipinski definition) is 7. The lowest BCUT2D eigenvalue weighted by molar-refractivity contribution is -0.0373. The monoisotopic (exact) mass is 538 g/mol. The van der Waals surface area contributed by atoms with Crippen molar-refractivity contribution in [2.45, 2.75) is 71.7 Å². The van der Waals surface area contributed by atoms with E-state index >= 15 is 0 Å². The third-order valence-corrected chi connectivity index (χ3v) is 8.45. The van der Waals surface area contributed by atoms with Crippen molar-refractivity contribution in [1.82, 2.24) is 15.2 Å². The summed E-state index contributed by atoms with van der Waals surface area (Å²) in [7, 11) is 0. The number of nitrogens with one attached hydrogen (secondary N) is 2. The Labute approximate surface area is 230 Å². The molecule has 1 amide bonds. The second kappa shape index (κ2) is 12.1. The SMILES string of the molecule is CCN(c1cc(OC2CC(N3CCOCC3)C2)cc(C(=O)NCc2c(C)cc(C)[nH]c2=O)c1C)C1CCOC1. The van der Waals surface area contributed by atoms with Gasteiger partial charge in [-0.3, -0.25) is 14.5 Å². The fourth-order valence-corrected chi connectivity index (χ4v) is 6.10. The number of carbonyl (C=O) groups is 1. The highest BCUT2D eigenvalue weighted by molar-refractivity contribution is 5.97. The topological polar surface area (TPSA) is 96.1 Å². The van der Waals surface area contributed by atoms with Crippen LogP contribution in [0.5, 0.6) is 5.75 Å². The van der Waals surface area contributed by atoms with Crippen LogP contribution in [0.1, 0.15) is 58.9 Å². The lowest BCUT2D eigenvalue weighted by atomic mass is 9.87. The number of ether oxygens (including phenoxy) is 3. The summed E-state index contributed by atoms with van der Waals surface area (Å²) in [5, 5.41) is 2.99. The molecule has 3 heterocycles. The Morgan fingerprint density at radius 2 is 1.90 bits per heavy atom. The molecular weight excluding hydrogens is 496 g/mol. The summed E-state index contributed by atoms with van der Waals surface area (Å²) < 4.78 is 17.7. The number of benzene rings is 1. The molecule has 2 saturated heterocycles. The van der Waals surface area contributed by atoms with Crippen molar-refractivity contribution in [3.05, 3.63) is 56.5 Å². The van der Waals surface area contributed by atoms with Crippen LogP contribution >= 0.6 is 0 Å². The van der Waals surface area contributed by atoms with Gasteiger partial charge in [-0.25, -0.2) is 0 Å². The van der Waals surface area contributed by atoms with Crippen molar-refractivity contribution >= 4 is 11.6 Å².